The second-order valence-electron chi connectivity index (χ2n) is 3.87. The van der Waals surface area contributed by atoms with E-state index in [1.54, 1.807) is 31.3 Å². The van der Waals surface area contributed by atoms with E-state index < -0.39 is 0 Å². The van der Waals surface area contributed by atoms with Crippen LogP contribution in [-0.2, 0) is 12.9 Å². The number of rotatable bonds is 2. The molecule has 0 aliphatic carbocycles. The van der Waals surface area contributed by atoms with Crippen LogP contribution in [0.2, 0.25) is 10.0 Å². The molecule has 0 spiro atoms. The molecule has 0 N–H and O–H groups in total. The molecule has 1 heterocycles. The van der Waals surface area contributed by atoms with Gasteiger partial charge in [-0.1, -0.05) is 29.3 Å². The fourth-order valence-electron chi connectivity index (χ4n) is 1.76. The van der Waals surface area contributed by atoms with Gasteiger partial charge < -0.3 is 4.57 Å². The summed E-state index contributed by atoms with van der Waals surface area (Å²) in [6, 6.07) is 8.73. The zero-order chi connectivity index (χ0) is 13.3. The molecule has 0 aliphatic heterocycles. The Balaban J connectivity index is 2.65. The van der Waals surface area contributed by atoms with Crippen molar-refractivity contribution in [2.75, 3.05) is 0 Å². The first-order valence-electron chi connectivity index (χ1n) is 5.25. The monoisotopic (exact) mass is 301 g/mol. The Morgan fingerprint density at radius 3 is 2.50 bits per heavy atom. The maximum Gasteiger partial charge on any atom is 0.255 e. The average molecular weight is 303 g/mol. The third-order valence-electron chi connectivity index (χ3n) is 2.73. The van der Waals surface area contributed by atoms with Crippen molar-refractivity contribution in [1.82, 2.24) is 4.57 Å². The molecule has 0 saturated carbocycles. The Morgan fingerprint density at radius 2 is 1.89 bits per heavy atom. The zero-order valence-electron chi connectivity index (χ0n) is 9.58. The Kier molecular flexibility index (Phi) is 4.00. The van der Waals surface area contributed by atoms with Gasteiger partial charge in [0, 0.05) is 23.2 Å². The van der Waals surface area contributed by atoms with Gasteiger partial charge in [0.2, 0.25) is 0 Å². The standard InChI is InChI=1S/C13H10Cl3NO/c1-17-12(5-2-8(7-14)13(17)18)10-4-3-9(15)6-11(10)16/h2-6H,7H2,1H3. The van der Waals surface area contributed by atoms with Gasteiger partial charge in [0.15, 0.2) is 0 Å². The Bertz CT molecular complexity index is 649. The summed E-state index contributed by atoms with van der Waals surface area (Å²) in [4.78, 5) is 12.0. The summed E-state index contributed by atoms with van der Waals surface area (Å²) >= 11 is 17.7. The summed E-state index contributed by atoms with van der Waals surface area (Å²) in [5.41, 5.74) is 1.94. The third kappa shape index (κ3) is 2.41. The molecule has 0 saturated heterocycles. The van der Waals surface area contributed by atoms with Crippen LogP contribution in [0.4, 0.5) is 0 Å². The second-order valence-corrected chi connectivity index (χ2v) is 4.98. The van der Waals surface area contributed by atoms with E-state index in [9.17, 15) is 4.79 Å². The SMILES string of the molecule is Cn1c(-c2ccc(Cl)cc2Cl)ccc(CCl)c1=O. The Hall–Kier alpha value is -0.960. The topological polar surface area (TPSA) is 22.0 Å². The molecule has 0 unspecified atom stereocenters. The summed E-state index contributed by atoms with van der Waals surface area (Å²) in [6.07, 6.45) is 0. The summed E-state index contributed by atoms with van der Waals surface area (Å²) < 4.78 is 1.53. The molecule has 5 heteroatoms. The van der Waals surface area contributed by atoms with Gasteiger partial charge in [0.05, 0.1) is 16.6 Å². The van der Waals surface area contributed by atoms with Gasteiger partial charge in [-0.25, -0.2) is 0 Å². The molecule has 0 amide bonds. The molecule has 0 aliphatic rings. The molecular weight excluding hydrogens is 293 g/mol. The fourth-order valence-corrected chi connectivity index (χ4v) is 2.47. The van der Waals surface area contributed by atoms with Crippen molar-refractivity contribution in [3.05, 3.63) is 56.3 Å². The highest BCUT2D eigenvalue weighted by Crippen LogP contribution is 2.29. The maximum atomic E-state index is 12.0. The van der Waals surface area contributed by atoms with Crippen LogP contribution in [-0.4, -0.2) is 4.57 Å². The van der Waals surface area contributed by atoms with Crippen LogP contribution < -0.4 is 5.56 Å². The highest BCUT2D eigenvalue weighted by molar-refractivity contribution is 6.36. The van der Waals surface area contributed by atoms with Crippen molar-refractivity contribution in [3.8, 4) is 11.3 Å². The molecule has 0 fully saturated rings. The number of nitrogens with zero attached hydrogens (tertiary/aromatic N) is 1. The van der Waals surface area contributed by atoms with E-state index in [1.807, 2.05) is 6.07 Å². The number of benzene rings is 1. The first-order valence-corrected chi connectivity index (χ1v) is 6.54. The molecule has 0 atom stereocenters. The minimum absolute atomic E-state index is 0.117. The first kappa shape index (κ1) is 13.5. The van der Waals surface area contributed by atoms with Crippen LogP contribution in [0, 0.1) is 0 Å². The number of halogens is 3. The smallest absolute Gasteiger partial charge is 0.255 e. The molecule has 2 rings (SSSR count). The number of hydrogen-bond acceptors (Lipinski definition) is 1. The first-order chi connectivity index (χ1) is 8.54. The fraction of sp³-hybridized carbons (Fsp3) is 0.154. The zero-order valence-corrected chi connectivity index (χ0v) is 11.9. The minimum Gasteiger partial charge on any atom is -0.311 e. The van der Waals surface area contributed by atoms with Crippen molar-refractivity contribution in [3.63, 3.8) is 0 Å². The summed E-state index contributed by atoms with van der Waals surface area (Å²) in [6.45, 7) is 0. The van der Waals surface area contributed by atoms with Gasteiger partial charge in [-0.15, -0.1) is 11.6 Å². The molecule has 2 nitrogen and oxygen atoms in total. The van der Waals surface area contributed by atoms with E-state index >= 15 is 0 Å². The van der Waals surface area contributed by atoms with Crippen LogP contribution >= 0.6 is 34.8 Å². The van der Waals surface area contributed by atoms with Crippen LogP contribution in [0.25, 0.3) is 11.3 Å². The van der Waals surface area contributed by atoms with E-state index in [0.717, 1.165) is 11.3 Å². The molecule has 18 heavy (non-hydrogen) atoms. The molecular formula is C13H10Cl3NO. The average Bonchev–Trinajstić information content (AvgIpc) is 2.34. The van der Waals surface area contributed by atoms with Gasteiger partial charge in [0.1, 0.15) is 0 Å². The van der Waals surface area contributed by atoms with Crippen molar-refractivity contribution in [2.45, 2.75) is 5.88 Å². The predicted octanol–water partition coefficient (Wildman–Crippen LogP) is 4.10. The van der Waals surface area contributed by atoms with Crippen LogP contribution in [0.15, 0.2) is 35.1 Å². The lowest BCUT2D eigenvalue weighted by atomic mass is 10.1. The largest absolute Gasteiger partial charge is 0.311 e. The number of hydrogen-bond donors (Lipinski definition) is 0. The predicted molar refractivity (Wildman–Crippen MR) is 76.7 cm³/mol. The van der Waals surface area contributed by atoms with Gasteiger partial charge >= 0.3 is 0 Å². The van der Waals surface area contributed by atoms with E-state index in [4.69, 9.17) is 34.8 Å². The lowest BCUT2D eigenvalue weighted by molar-refractivity contribution is 0.856. The van der Waals surface area contributed by atoms with Gasteiger partial charge in [0.25, 0.3) is 5.56 Å². The molecule has 1 aromatic carbocycles. The molecule has 0 bridgehead atoms. The van der Waals surface area contributed by atoms with E-state index in [1.165, 1.54) is 4.57 Å². The van der Waals surface area contributed by atoms with Gasteiger partial charge in [-0.05, 0) is 24.3 Å². The molecule has 0 radical (unpaired) electrons. The van der Waals surface area contributed by atoms with Gasteiger partial charge in [-0.2, -0.15) is 0 Å². The highest BCUT2D eigenvalue weighted by atomic mass is 35.5. The van der Waals surface area contributed by atoms with Crippen molar-refractivity contribution in [1.29, 1.82) is 0 Å². The lowest BCUT2D eigenvalue weighted by Crippen LogP contribution is -2.21. The highest BCUT2D eigenvalue weighted by Gasteiger charge is 2.10. The Labute approximate surface area is 120 Å². The van der Waals surface area contributed by atoms with Gasteiger partial charge in [-0.3, -0.25) is 4.79 Å². The second kappa shape index (κ2) is 5.35. The lowest BCUT2D eigenvalue weighted by Gasteiger charge is -2.11. The third-order valence-corrected chi connectivity index (χ3v) is 3.57. The van der Waals surface area contributed by atoms with E-state index in [0.29, 0.717) is 15.6 Å². The quantitative estimate of drug-likeness (QED) is 0.766. The maximum absolute atomic E-state index is 12.0. The van der Waals surface area contributed by atoms with E-state index in [-0.39, 0.29) is 11.4 Å². The summed E-state index contributed by atoms with van der Waals surface area (Å²) in [7, 11) is 1.69. The Morgan fingerprint density at radius 1 is 1.17 bits per heavy atom. The van der Waals surface area contributed by atoms with Crippen LogP contribution in [0.3, 0.4) is 0 Å². The summed E-state index contributed by atoms with van der Waals surface area (Å²) in [5, 5.41) is 1.07. The van der Waals surface area contributed by atoms with Crippen molar-refractivity contribution >= 4 is 34.8 Å². The molecule has 2 aromatic rings. The molecule has 94 valence electrons. The number of pyridine rings is 1. The number of alkyl halides is 1. The molecule has 1 aromatic heterocycles. The van der Waals surface area contributed by atoms with Crippen LogP contribution in [0.1, 0.15) is 5.56 Å². The van der Waals surface area contributed by atoms with Crippen molar-refractivity contribution in [2.24, 2.45) is 7.05 Å². The normalized spacial score (nSPS) is 10.7. The van der Waals surface area contributed by atoms with Crippen molar-refractivity contribution < 1.29 is 0 Å². The number of aromatic nitrogens is 1. The summed E-state index contributed by atoms with van der Waals surface area (Å²) in [5.74, 6) is 0.196. The minimum atomic E-state index is -0.117. The van der Waals surface area contributed by atoms with E-state index in [2.05, 4.69) is 0 Å². The van der Waals surface area contributed by atoms with Crippen LogP contribution in [0.5, 0.6) is 0 Å².